The lowest BCUT2D eigenvalue weighted by atomic mass is 9.87. The van der Waals surface area contributed by atoms with Gasteiger partial charge in [0.05, 0.1) is 11.3 Å². The average molecular weight is 395 g/mol. The minimum atomic E-state index is -0.667. The highest BCUT2D eigenvalue weighted by atomic mass is 16.5. The Morgan fingerprint density at radius 3 is 2.34 bits per heavy atom. The number of nitrogens with one attached hydrogen (secondary N) is 2. The normalized spacial score (nSPS) is 12.0. The van der Waals surface area contributed by atoms with Crippen LogP contribution < -0.4 is 15.4 Å². The number of hydrogen-bond acceptors (Lipinski definition) is 3. The molecule has 0 aromatic heterocycles. The number of ether oxygens (including phenoxy) is 1. The maximum Gasteiger partial charge on any atom is 0.265 e. The van der Waals surface area contributed by atoms with Gasteiger partial charge in [-0.2, -0.15) is 0 Å². The molecule has 0 spiro atoms. The summed E-state index contributed by atoms with van der Waals surface area (Å²) < 4.78 is 5.90. The van der Waals surface area contributed by atoms with E-state index in [1.807, 2.05) is 31.2 Å². The summed E-state index contributed by atoms with van der Waals surface area (Å²) in [5.41, 5.74) is 2.09. The second-order valence-corrected chi connectivity index (χ2v) is 7.82. The molecule has 0 bridgehead atoms. The van der Waals surface area contributed by atoms with Gasteiger partial charge in [0.2, 0.25) is 0 Å². The number of para-hydroxylation sites is 1. The molecule has 0 saturated heterocycles. The zero-order valence-corrected chi connectivity index (χ0v) is 17.6. The number of rotatable bonds is 8. The molecule has 0 unspecified atom stereocenters. The topological polar surface area (TPSA) is 67.4 Å². The lowest BCUT2D eigenvalue weighted by molar-refractivity contribution is -0.122. The Balaban J connectivity index is 2.11. The van der Waals surface area contributed by atoms with Crippen molar-refractivity contribution in [1.29, 1.82) is 0 Å². The summed E-state index contributed by atoms with van der Waals surface area (Å²) in [5.74, 6) is 0.0703. The molecular weight excluding hydrogens is 364 g/mol. The van der Waals surface area contributed by atoms with E-state index in [1.54, 1.807) is 30.3 Å². The van der Waals surface area contributed by atoms with E-state index in [9.17, 15) is 9.59 Å². The molecule has 2 aromatic carbocycles. The molecule has 0 saturated carbocycles. The third kappa shape index (κ3) is 6.21. The highest BCUT2D eigenvalue weighted by molar-refractivity contribution is 6.04. The first kappa shape index (κ1) is 22.2. The zero-order valence-electron chi connectivity index (χ0n) is 17.6. The van der Waals surface area contributed by atoms with Crippen molar-refractivity contribution >= 4 is 17.5 Å². The van der Waals surface area contributed by atoms with E-state index in [-0.39, 0.29) is 17.2 Å². The van der Waals surface area contributed by atoms with Crippen molar-refractivity contribution in [3.63, 3.8) is 0 Å². The SMILES string of the molecule is C=CCNC(=O)c1ccccc1NC(=O)[C@@H](CC)Oc1ccc(C(C)(C)C)cc1. The van der Waals surface area contributed by atoms with Gasteiger partial charge in [-0.3, -0.25) is 9.59 Å². The second-order valence-electron chi connectivity index (χ2n) is 7.82. The Labute approximate surface area is 173 Å². The number of benzene rings is 2. The van der Waals surface area contributed by atoms with Gasteiger partial charge in [-0.25, -0.2) is 0 Å². The van der Waals surface area contributed by atoms with E-state index >= 15 is 0 Å². The van der Waals surface area contributed by atoms with E-state index < -0.39 is 6.10 Å². The predicted molar refractivity (Wildman–Crippen MR) is 117 cm³/mol. The number of carbonyl (C=O) groups excluding carboxylic acids is 2. The van der Waals surface area contributed by atoms with Gasteiger partial charge < -0.3 is 15.4 Å². The number of hydrogen-bond donors (Lipinski definition) is 2. The Kier molecular flexibility index (Phi) is 7.59. The van der Waals surface area contributed by atoms with Crippen molar-refractivity contribution in [1.82, 2.24) is 5.32 Å². The van der Waals surface area contributed by atoms with Crippen molar-refractivity contribution < 1.29 is 14.3 Å². The first-order valence-electron chi connectivity index (χ1n) is 9.82. The van der Waals surface area contributed by atoms with Crippen LogP contribution in [0.4, 0.5) is 5.69 Å². The summed E-state index contributed by atoms with van der Waals surface area (Å²) >= 11 is 0. The fraction of sp³-hybridized carbons (Fsp3) is 0.333. The van der Waals surface area contributed by atoms with Crippen LogP contribution in [0.3, 0.4) is 0 Å². The molecule has 0 aliphatic heterocycles. The van der Waals surface area contributed by atoms with Gasteiger partial charge in [0.25, 0.3) is 11.8 Å². The molecule has 0 aliphatic rings. The number of anilines is 1. The van der Waals surface area contributed by atoms with Crippen molar-refractivity contribution in [3.8, 4) is 5.75 Å². The van der Waals surface area contributed by atoms with Gasteiger partial charge in [-0.15, -0.1) is 6.58 Å². The molecule has 5 heteroatoms. The molecule has 0 aliphatic carbocycles. The molecule has 0 radical (unpaired) electrons. The average Bonchev–Trinajstić information content (AvgIpc) is 2.70. The van der Waals surface area contributed by atoms with E-state index in [2.05, 4.69) is 38.0 Å². The second kappa shape index (κ2) is 9.92. The van der Waals surface area contributed by atoms with E-state index in [4.69, 9.17) is 4.74 Å². The predicted octanol–water partition coefficient (Wildman–Crippen LogP) is 4.70. The van der Waals surface area contributed by atoms with Crippen molar-refractivity contribution in [2.45, 2.75) is 45.6 Å². The van der Waals surface area contributed by atoms with Gasteiger partial charge in [0.15, 0.2) is 6.10 Å². The summed E-state index contributed by atoms with van der Waals surface area (Å²) in [6.45, 7) is 12.3. The standard InChI is InChI=1S/C24H30N2O3/c1-6-16-25-22(27)19-10-8-9-11-20(19)26-23(28)21(7-2)29-18-14-12-17(13-15-18)24(3,4)5/h6,8-15,21H,1,7,16H2,2-5H3,(H,25,27)(H,26,28)/t21-/m1/s1. The van der Waals surface area contributed by atoms with Crippen LogP contribution in [0, 0.1) is 0 Å². The van der Waals surface area contributed by atoms with E-state index in [0.717, 1.165) is 0 Å². The maximum atomic E-state index is 12.8. The third-order valence-corrected chi connectivity index (χ3v) is 4.50. The summed E-state index contributed by atoms with van der Waals surface area (Å²) in [6, 6.07) is 14.7. The van der Waals surface area contributed by atoms with Gasteiger partial charge in [-0.05, 0) is 41.7 Å². The minimum absolute atomic E-state index is 0.0515. The molecule has 0 fully saturated rings. The van der Waals surface area contributed by atoms with Crippen LogP contribution in [0.15, 0.2) is 61.2 Å². The Morgan fingerprint density at radius 1 is 1.10 bits per heavy atom. The fourth-order valence-electron chi connectivity index (χ4n) is 2.78. The molecule has 5 nitrogen and oxygen atoms in total. The first-order chi connectivity index (χ1) is 13.8. The molecule has 2 aromatic rings. The fourth-order valence-corrected chi connectivity index (χ4v) is 2.78. The van der Waals surface area contributed by atoms with Gasteiger partial charge in [0, 0.05) is 6.54 Å². The van der Waals surface area contributed by atoms with Crippen LogP contribution in [0.5, 0.6) is 5.75 Å². The summed E-state index contributed by atoms with van der Waals surface area (Å²) in [7, 11) is 0. The molecule has 2 N–H and O–H groups in total. The molecule has 2 amide bonds. The summed E-state index contributed by atoms with van der Waals surface area (Å²) in [6.07, 6.45) is 1.43. The van der Waals surface area contributed by atoms with Crippen LogP contribution in [0.2, 0.25) is 0 Å². The third-order valence-electron chi connectivity index (χ3n) is 4.50. The molecule has 1 atom stereocenters. The molecular formula is C24H30N2O3. The van der Waals surface area contributed by atoms with E-state index in [1.165, 1.54) is 5.56 Å². The zero-order chi connectivity index (χ0) is 21.4. The Bertz CT molecular complexity index is 851. The maximum absolute atomic E-state index is 12.8. The van der Waals surface area contributed by atoms with Crippen molar-refractivity contribution in [2.24, 2.45) is 0 Å². The van der Waals surface area contributed by atoms with Crippen molar-refractivity contribution in [2.75, 3.05) is 11.9 Å². The van der Waals surface area contributed by atoms with Crippen molar-refractivity contribution in [3.05, 3.63) is 72.3 Å². The van der Waals surface area contributed by atoms with E-state index in [0.29, 0.717) is 30.0 Å². The van der Waals surface area contributed by atoms with Crippen LogP contribution >= 0.6 is 0 Å². The molecule has 0 heterocycles. The Hall–Kier alpha value is -3.08. The monoisotopic (exact) mass is 394 g/mol. The van der Waals surface area contributed by atoms with Gasteiger partial charge >= 0.3 is 0 Å². The highest BCUT2D eigenvalue weighted by Crippen LogP contribution is 2.25. The first-order valence-corrected chi connectivity index (χ1v) is 9.82. The van der Waals surface area contributed by atoms with Gasteiger partial charge in [-0.1, -0.05) is 58.0 Å². The summed E-state index contributed by atoms with van der Waals surface area (Å²) in [5, 5.41) is 5.55. The highest BCUT2D eigenvalue weighted by Gasteiger charge is 2.21. The smallest absolute Gasteiger partial charge is 0.265 e. The van der Waals surface area contributed by atoms with Crippen LogP contribution in [0.25, 0.3) is 0 Å². The van der Waals surface area contributed by atoms with Crippen LogP contribution in [-0.4, -0.2) is 24.5 Å². The minimum Gasteiger partial charge on any atom is -0.481 e. The lowest BCUT2D eigenvalue weighted by Gasteiger charge is -2.21. The number of amides is 2. The molecule has 29 heavy (non-hydrogen) atoms. The van der Waals surface area contributed by atoms with Crippen LogP contribution in [-0.2, 0) is 10.2 Å². The number of carbonyl (C=O) groups is 2. The Morgan fingerprint density at radius 2 is 1.76 bits per heavy atom. The molecule has 154 valence electrons. The largest absolute Gasteiger partial charge is 0.481 e. The van der Waals surface area contributed by atoms with Crippen LogP contribution in [0.1, 0.15) is 50.0 Å². The van der Waals surface area contributed by atoms with Gasteiger partial charge in [0.1, 0.15) is 5.75 Å². The quantitative estimate of drug-likeness (QED) is 0.638. The summed E-state index contributed by atoms with van der Waals surface area (Å²) in [4.78, 5) is 25.1. The molecule has 2 rings (SSSR count). The lowest BCUT2D eigenvalue weighted by Crippen LogP contribution is -2.33.